The predicted octanol–water partition coefficient (Wildman–Crippen LogP) is 4.61. The molecule has 31 heavy (non-hydrogen) atoms. The Kier molecular flexibility index (Phi) is 6.06. The maximum absolute atomic E-state index is 12.8. The Morgan fingerprint density at radius 3 is 2.74 bits per heavy atom. The lowest BCUT2D eigenvalue weighted by Crippen LogP contribution is -2.27. The van der Waals surface area contributed by atoms with Crippen LogP contribution in [0.2, 0.25) is 0 Å². The normalized spacial score (nSPS) is 10.7. The van der Waals surface area contributed by atoms with E-state index in [1.165, 1.54) is 22.2 Å². The third-order valence-electron chi connectivity index (χ3n) is 4.37. The Labute approximate surface area is 186 Å². The van der Waals surface area contributed by atoms with Crippen LogP contribution in [0.3, 0.4) is 0 Å². The van der Waals surface area contributed by atoms with Crippen LogP contribution in [-0.2, 0) is 17.9 Å². The summed E-state index contributed by atoms with van der Waals surface area (Å²) < 4.78 is 9.75. The maximum atomic E-state index is 12.8. The highest BCUT2D eigenvalue weighted by atomic mass is 32.1. The molecule has 0 saturated carbocycles. The molecular formula is C22H18N4O3S2. The summed E-state index contributed by atoms with van der Waals surface area (Å²) in [5.74, 6) is 0.935. The van der Waals surface area contributed by atoms with E-state index in [1.807, 2.05) is 30.3 Å². The van der Waals surface area contributed by atoms with Crippen molar-refractivity contribution in [2.75, 3.05) is 5.32 Å². The van der Waals surface area contributed by atoms with Crippen LogP contribution in [0.25, 0.3) is 10.3 Å². The Morgan fingerprint density at radius 1 is 1.19 bits per heavy atom. The van der Waals surface area contributed by atoms with Gasteiger partial charge in [-0.05, 0) is 36.5 Å². The predicted molar refractivity (Wildman–Crippen MR) is 124 cm³/mol. The van der Waals surface area contributed by atoms with Crippen LogP contribution >= 0.6 is 23.6 Å². The molecule has 156 valence electrons. The lowest BCUT2D eigenvalue weighted by molar-refractivity contribution is -0.116. The van der Waals surface area contributed by atoms with Gasteiger partial charge in [-0.2, -0.15) is 0 Å². The van der Waals surface area contributed by atoms with E-state index in [0.717, 1.165) is 0 Å². The number of ether oxygens (including phenoxy) is 1. The Bertz CT molecular complexity index is 1370. The first-order valence-electron chi connectivity index (χ1n) is 9.37. The first-order chi connectivity index (χ1) is 15.0. The zero-order valence-electron chi connectivity index (χ0n) is 16.4. The second kappa shape index (κ2) is 9.07. The molecule has 1 N–H and O–H groups in total. The summed E-state index contributed by atoms with van der Waals surface area (Å²) >= 11 is 6.49. The van der Waals surface area contributed by atoms with Gasteiger partial charge in [0.1, 0.15) is 29.1 Å². The Morgan fingerprint density at radius 2 is 1.97 bits per heavy atom. The van der Waals surface area contributed by atoms with Crippen molar-refractivity contribution in [3.8, 4) is 11.5 Å². The minimum atomic E-state index is -0.353. The first kappa shape index (κ1) is 20.7. The Hall–Kier alpha value is -3.56. The highest BCUT2D eigenvalue weighted by Crippen LogP contribution is 2.24. The van der Waals surface area contributed by atoms with Crippen molar-refractivity contribution in [3.63, 3.8) is 0 Å². The van der Waals surface area contributed by atoms with Gasteiger partial charge in [-0.1, -0.05) is 41.7 Å². The highest BCUT2D eigenvalue weighted by molar-refractivity contribution is 7.73. The second-order valence-corrected chi connectivity index (χ2v) is 8.23. The molecule has 0 atom stereocenters. The molecule has 0 radical (unpaired) electrons. The number of nitrogens with zero attached hydrogens (tertiary/aromatic N) is 3. The van der Waals surface area contributed by atoms with Gasteiger partial charge in [-0.25, -0.2) is 4.98 Å². The van der Waals surface area contributed by atoms with Gasteiger partial charge in [0, 0.05) is 18.3 Å². The molecule has 0 bridgehead atoms. The summed E-state index contributed by atoms with van der Waals surface area (Å²) in [6.07, 6.45) is 3.05. The van der Waals surface area contributed by atoms with E-state index < -0.39 is 0 Å². The van der Waals surface area contributed by atoms with Gasteiger partial charge in [-0.3, -0.25) is 14.2 Å². The smallest absolute Gasteiger partial charge is 0.273 e. The SMILES string of the molecule is C=CCn1c(=S)sc2c(=O)n(CC(=O)Nc3cccc(Oc4ccccc4)c3)cnc21. The highest BCUT2D eigenvalue weighted by Gasteiger charge is 2.13. The molecule has 0 fully saturated rings. The van der Waals surface area contributed by atoms with E-state index in [0.29, 0.717) is 38.0 Å². The van der Waals surface area contributed by atoms with E-state index in [9.17, 15) is 9.59 Å². The monoisotopic (exact) mass is 450 g/mol. The number of carbonyl (C=O) groups excluding carboxylic acids is 1. The van der Waals surface area contributed by atoms with Crippen LogP contribution < -0.4 is 15.6 Å². The summed E-state index contributed by atoms with van der Waals surface area (Å²) in [7, 11) is 0. The fraction of sp³-hybridized carbons (Fsp3) is 0.0909. The Balaban J connectivity index is 1.50. The molecule has 2 aromatic carbocycles. The summed E-state index contributed by atoms with van der Waals surface area (Å²) in [6.45, 7) is 4.00. The number of hydrogen-bond acceptors (Lipinski definition) is 6. The van der Waals surface area contributed by atoms with Crippen molar-refractivity contribution in [3.05, 3.63) is 87.9 Å². The third kappa shape index (κ3) is 4.62. The molecular weight excluding hydrogens is 432 g/mol. The molecule has 7 nitrogen and oxygen atoms in total. The zero-order valence-corrected chi connectivity index (χ0v) is 18.0. The molecule has 0 aliphatic rings. The number of nitrogens with one attached hydrogen (secondary N) is 1. The molecule has 0 unspecified atom stereocenters. The molecule has 4 aromatic rings. The summed E-state index contributed by atoms with van der Waals surface area (Å²) in [4.78, 5) is 29.7. The van der Waals surface area contributed by atoms with Crippen LogP contribution in [0.5, 0.6) is 11.5 Å². The van der Waals surface area contributed by atoms with E-state index in [2.05, 4.69) is 16.9 Å². The summed E-state index contributed by atoms with van der Waals surface area (Å²) in [5.41, 5.74) is 0.760. The lowest BCUT2D eigenvalue weighted by Gasteiger charge is -2.10. The number of rotatable bonds is 7. The average molecular weight is 451 g/mol. The number of amides is 1. The summed E-state index contributed by atoms with van der Waals surface area (Å²) in [5, 5.41) is 2.79. The van der Waals surface area contributed by atoms with Crippen LogP contribution in [0.15, 0.2) is 78.4 Å². The van der Waals surface area contributed by atoms with Gasteiger partial charge >= 0.3 is 0 Å². The topological polar surface area (TPSA) is 78.2 Å². The molecule has 4 rings (SSSR count). The van der Waals surface area contributed by atoms with E-state index in [-0.39, 0.29) is 18.0 Å². The molecule has 1 amide bonds. The van der Waals surface area contributed by atoms with Crippen LogP contribution in [0, 0.1) is 3.95 Å². The van der Waals surface area contributed by atoms with E-state index in [4.69, 9.17) is 17.0 Å². The van der Waals surface area contributed by atoms with Crippen molar-refractivity contribution in [2.24, 2.45) is 0 Å². The third-order valence-corrected chi connectivity index (χ3v) is 5.79. The van der Waals surface area contributed by atoms with Gasteiger partial charge in [-0.15, -0.1) is 6.58 Å². The average Bonchev–Trinajstić information content (AvgIpc) is 3.08. The lowest BCUT2D eigenvalue weighted by atomic mass is 10.3. The van der Waals surface area contributed by atoms with Gasteiger partial charge < -0.3 is 14.6 Å². The number of carbonyl (C=O) groups is 1. The maximum Gasteiger partial charge on any atom is 0.273 e. The fourth-order valence-electron chi connectivity index (χ4n) is 2.99. The van der Waals surface area contributed by atoms with Crippen molar-refractivity contribution in [1.29, 1.82) is 0 Å². The van der Waals surface area contributed by atoms with Crippen LogP contribution in [0.1, 0.15) is 0 Å². The number of anilines is 1. The first-order valence-corrected chi connectivity index (χ1v) is 10.6. The number of para-hydroxylation sites is 1. The molecule has 0 aliphatic carbocycles. The van der Waals surface area contributed by atoms with Gasteiger partial charge in [0.15, 0.2) is 9.60 Å². The minimum absolute atomic E-state index is 0.169. The van der Waals surface area contributed by atoms with Crippen molar-refractivity contribution in [2.45, 2.75) is 13.1 Å². The number of hydrogen-bond donors (Lipinski definition) is 1. The van der Waals surface area contributed by atoms with Crippen LogP contribution in [0.4, 0.5) is 5.69 Å². The number of aromatic nitrogens is 3. The molecule has 2 aromatic heterocycles. The standard InChI is InChI=1S/C22H18N4O3S2/c1-2-11-26-20-19(31-22(26)30)21(28)25(14-23-20)13-18(27)24-15-7-6-10-17(12-15)29-16-8-4-3-5-9-16/h2-10,12,14H,1,11,13H2,(H,24,27). The van der Waals surface area contributed by atoms with Gasteiger partial charge in [0.25, 0.3) is 5.56 Å². The number of allylic oxidation sites excluding steroid dienone is 1. The molecule has 2 heterocycles. The molecule has 0 aliphatic heterocycles. The fourth-order valence-corrected chi connectivity index (χ4v) is 4.31. The molecule has 9 heteroatoms. The van der Waals surface area contributed by atoms with Crippen LogP contribution in [-0.4, -0.2) is 20.0 Å². The largest absolute Gasteiger partial charge is 0.457 e. The van der Waals surface area contributed by atoms with E-state index in [1.54, 1.807) is 34.9 Å². The quantitative estimate of drug-likeness (QED) is 0.329. The molecule has 0 saturated heterocycles. The van der Waals surface area contributed by atoms with Crippen molar-refractivity contribution in [1.82, 2.24) is 14.1 Å². The van der Waals surface area contributed by atoms with Crippen molar-refractivity contribution >= 4 is 45.5 Å². The van der Waals surface area contributed by atoms with E-state index >= 15 is 0 Å². The number of benzene rings is 2. The van der Waals surface area contributed by atoms with Gasteiger partial charge in [0.05, 0.1) is 0 Å². The summed E-state index contributed by atoms with van der Waals surface area (Å²) in [6, 6.07) is 16.4. The zero-order chi connectivity index (χ0) is 21.8. The number of fused-ring (bicyclic) bond motifs is 1. The number of thiazole rings is 1. The molecule has 0 spiro atoms. The second-order valence-electron chi connectivity index (χ2n) is 6.59. The van der Waals surface area contributed by atoms with Crippen molar-refractivity contribution < 1.29 is 9.53 Å². The van der Waals surface area contributed by atoms with Gasteiger partial charge in [0.2, 0.25) is 5.91 Å². The minimum Gasteiger partial charge on any atom is -0.457 e.